The van der Waals surface area contributed by atoms with Crippen LogP contribution in [0.25, 0.3) is 0 Å². The molecule has 0 spiro atoms. The highest BCUT2D eigenvalue weighted by Gasteiger charge is 2.27. The average molecular weight is 1030 g/mol. The molecule has 0 aromatic carbocycles. The van der Waals surface area contributed by atoms with E-state index >= 15 is 0 Å². The SMILES string of the molecule is CCCCC/C=C\C/C=C\CCCCCCCCC(CC/C=C\CCCCC)OC(=O)CC[C@H](NC(=O)CCCN(C)C)C(=O)OC(CC/C=C\CCCCC)CCCCCCCC/C=C\C/C=C\CCCCC. The van der Waals surface area contributed by atoms with Crippen molar-refractivity contribution < 1.29 is 23.9 Å². The molecule has 0 fully saturated rings. The molecule has 0 bridgehead atoms. The molecule has 7 heteroatoms. The second-order valence-corrected chi connectivity index (χ2v) is 21.6. The van der Waals surface area contributed by atoms with Crippen molar-refractivity contribution in [3.8, 4) is 0 Å². The number of carbonyl (C=O) groups is 3. The lowest BCUT2D eigenvalue weighted by atomic mass is 10.0. The summed E-state index contributed by atoms with van der Waals surface area (Å²) < 4.78 is 12.5. The van der Waals surface area contributed by atoms with Crippen molar-refractivity contribution in [1.82, 2.24) is 10.2 Å². The van der Waals surface area contributed by atoms with Crippen molar-refractivity contribution >= 4 is 17.8 Å². The minimum absolute atomic E-state index is 0.0575. The van der Waals surface area contributed by atoms with Crippen LogP contribution in [0.5, 0.6) is 0 Å². The number of unbranched alkanes of at least 4 members (excludes halogenated alkanes) is 24. The van der Waals surface area contributed by atoms with E-state index in [4.69, 9.17) is 9.47 Å². The van der Waals surface area contributed by atoms with Crippen LogP contribution in [-0.4, -0.2) is 61.6 Å². The summed E-state index contributed by atoms with van der Waals surface area (Å²) in [5.74, 6) is -0.908. The predicted molar refractivity (Wildman–Crippen MR) is 322 cm³/mol. The Balaban J connectivity index is 5.47. The van der Waals surface area contributed by atoms with Crippen molar-refractivity contribution in [1.29, 1.82) is 0 Å². The van der Waals surface area contributed by atoms with E-state index in [1.165, 1.54) is 141 Å². The molecule has 0 rings (SSSR count). The summed E-state index contributed by atoms with van der Waals surface area (Å²) in [7, 11) is 3.99. The first-order valence-electron chi connectivity index (χ1n) is 31.5. The largest absolute Gasteiger partial charge is 0.462 e. The maximum atomic E-state index is 14.1. The molecule has 2 unspecified atom stereocenters. The summed E-state index contributed by atoms with van der Waals surface area (Å²) in [6.07, 6.45) is 71.5. The molecule has 0 aliphatic rings. The number of esters is 2. The van der Waals surface area contributed by atoms with Gasteiger partial charge in [0.1, 0.15) is 18.2 Å². The Bertz CT molecular complexity index is 1430. The first-order chi connectivity index (χ1) is 36.3. The summed E-state index contributed by atoms with van der Waals surface area (Å²) in [5.41, 5.74) is 0. The molecule has 0 heterocycles. The predicted octanol–water partition coefficient (Wildman–Crippen LogP) is 19.7. The molecule has 1 N–H and O–H groups in total. The third kappa shape index (κ3) is 52.3. The van der Waals surface area contributed by atoms with E-state index in [2.05, 4.69) is 111 Å². The van der Waals surface area contributed by atoms with Gasteiger partial charge in [0.05, 0.1) is 0 Å². The zero-order chi connectivity index (χ0) is 54.1. The number of hydrogen-bond donors (Lipinski definition) is 1. The fourth-order valence-electron chi connectivity index (χ4n) is 9.13. The van der Waals surface area contributed by atoms with Gasteiger partial charge in [-0.15, -0.1) is 0 Å². The van der Waals surface area contributed by atoms with Crippen molar-refractivity contribution in [3.63, 3.8) is 0 Å². The van der Waals surface area contributed by atoms with Crippen LogP contribution in [0.3, 0.4) is 0 Å². The molecule has 0 radical (unpaired) electrons. The van der Waals surface area contributed by atoms with Crippen LogP contribution >= 0.6 is 0 Å². The number of nitrogens with one attached hydrogen (secondary N) is 1. The lowest BCUT2D eigenvalue weighted by Crippen LogP contribution is -2.43. The standard InChI is InChI=1S/C67H120N2O5/c1-7-11-15-19-23-25-27-29-31-33-35-37-39-43-47-50-55-62(54-49-45-41-21-17-13-9-3)73-66(71)60-59-64(68-65(70)58-53-61-69(5)6)67(72)74-63(56-51-46-42-22-18-14-10-4)57-52-48-44-40-38-36-34-32-30-28-26-24-20-16-12-8-2/h23-26,29-32,41-42,45-46,62-64H,7-22,27-28,33-40,43-44,47-61H2,1-6H3,(H,68,70)/b25-23-,26-24-,31-29-,32-30-,45-41-,46-42-/t62?,63?,64-/m0/s1. The number of nitrogens with zero attached hydrogens (tertiary/aromatic N) is 1. The fourth-order valence-corrected chi connectivity index (χ4v) is 9.13. The van der Waals surface area contributed by atoms with Crippen LogP contribution in [0.15, 0.2) is 72.9 Å². The van der Waals surface area contributed by atoms with Crippen LogP contribution in [0.1, 0.15) is 297 Å². The Morgan fingerprint density at radius 2 is 0.730 bits per heavy atom. The van der Waals surface area contributed by atoms with Gasteiger partial charge >= 0.3 is 11.9 Å². The van der Waals surface area contributed by atoms with Crippen LogP contribution in [0.4, 0.5) is 0 Å². The molecule has 3 atom stereocenters. The maximum Gasteiger partial charge on any atom is 0.328 e. The number of carbonyl (C=O) groups excluding carboxylic acids is 3. The molecule has 428 valence electrons. The molecule has 0 saturated heterocycles. The van der Waals surface area contributed by atoms with E-state index < -0.39 is 12.0 Å². The van der Waals surface area contributed by atoms with Crippen LogP contribution in [0, 0.1) is 0 Å². The highest BCUT2D eigenvalue weighted by Crippen LogP contribution is 2.20. The monoisotopic (exact) mass is 1030 g/mol. The molecule has 74 heavy (non-hydrogen) atoms. The number of rotatable bonds is 55. The summed E-state index contributed by atoms with van der Waals surface area (Å²) >= 11 is 0. The summed E-state index contributed by atoms with van der Waals surface area (Å²) in [6.45, 7) is 9.74. The quantitative estimate of drug-likeness (QED) is 0.0371. The first kappa shape index (κ1) is 70.8. The topological polar surface area (TPSA) is 84.9 Å². The molecule has 0 saturated carbocycles. The van der Waals surface area contributed by atoms with Gasteiger partial charge in [-0.25, -0.2) is 4.79 Å². The Hall–Kier alpha value is -3.19. The highest BCUT2D eigenvalue weighted by atomic mass is 16.5. The minimum Gasteiger partial charge on any atom is -0.462 e. The normalized spacial score (nSPS) is 13.5. The third-order valence-corrected chi connectivity index (χ3v) is 13.9. The van der Waals surface area contributed by atoms with Crippen molar-refractivity contribution in [2.24, 2.45) is 0 Å². The summed E-state index contributed by atoms with van der Waals surface area (Å²) in [5, 5.41) is 3.00. The van der Waals surface area contributed by atoms with Gasteiger partial charge in [0.2, 0.25) is 5.91 Å². The summed E-state index contributed by atoms with van der Waals surface area (Å²) in [6, 6.07) is -0.894. The van der Waals surface area contributed by atoms with E-state index in [1.54, 1.807) is 0 Å². The highest BCUT2D eigenvalue weighted by molar-refractivity contribution is 5.85. The first-order valence-corrected chi connectivity index (χ1v) is 31.5. The van der Waals surface area contributed by atoms with Gasteiger partial charge in [0, 0.05) is 12.8 Å². The third-order valence-electron chi connectivity index (χ3n) is 13.9. The zero-order valence-electron chi connectivity index (χ0n) is 49.6. The second-order valence-electron chi connectivity index (χ2n) is 21.6. The average Bonchev–Trinajstić information content (AvgIpc) is 3.38. The number of amides is 1. The molecular formula is C67H120N2O5. The molecule has 1 amide bonds. The zero-order valence-corrected chi connectivity index (χ0v) is 49.6. The molecule has 0 aromatic heterocycles. The Labute approximate surface area is 459 Å². The molecule has 0 aliphatic heterocycles. The van der Waals surface area contributed by atoms with Crippen LogP contribution in [0.2, 0.25) is 0 Å². The van der Waals surface area contributed by atoms with Gasteiger partial charge < -0.3 is 19.7 Å². The lowest BCUT2D eigenvalue weighted by Gasteiger charge is -2.23. The summed E-state index contributed by atoms with van der Waals surface area (Å²) in [4.78, 5) is 43.1. The number of hydrogen-bond acceptors (Lipinski definition) is 6. The molecule has 0 aromatic rings. The Kier molecular flexibility index (Phi) is 55.0. The van der Waals surface area contributed by atoms with Gasteiger partial charge in [0.25, 0.3) is 0 Å². The molecular weight excluding hydrogens is 913 g/mol. The number of ether oxygens (including phenoxy) is 2. The van der Waals surface area contributed by atoms with E-state index in [9.17, 15) is 14.4 Å². The van der Waals surface area contributed by atoms with Crippen molar-refractivity contribution in [2.75, 3.05) is 20.6 Å². The van der Waals surface area contributed by atoms with Crippen LogP contribution in [-0.2, 0) is 23.9 Å². The van der Waals surface area contributed by atoms with Gasteiger partial charge in [-0.2, -0.15) is 0 Å². The minimum atomic E-state index is -0.894. The second kappa shape index (κ2) is 57.5. The lowest BCUT2D eigenvalue weighted by molar-refractivity contribution is -0.155. The smallest absolute Gasteiger partial charge is 0.328 e. The number of allylic oxidation sites excluding steroid dienone is 12. The Morgan fingerprint density at radius 3 is 1.14 bits per heavy atom. The van der Waals surface area contributed by atoms with Crippen molar-refractivity contribution in [3.05, 3.63) is 72.9 Å². The van der Waals surface area contributed by atoms with Gasteiger partial charge in [-0.3, -0.25) is 9.59 Å². The van der Waals surface area contributed by atoms with Gasteiger partial charge in [-0.05, 0) is 175 Å². The van der Waals surface area contributed by atoms with Gasteiger partial charge in [0.15, 0.2) is 0 Å². The molecule has 0 aliphatic carbocycles. The van der Waals surface area contributed by atoms with Gasteiger partial charge in [-0.1, -0.05) is 203 Å². The van der Waals surface area contributed by atoms with E-state index in [0.717, 1.165) is 109 Å². The maximum absolute atomic E-state index is 14.1. The van der Waals surface area contributed by atoms with Crippen molar-refractivity contribution in [2.45, 2.75) is 316 Å². The van der Waals surface area contributed by atoms with E-state index in [-0.39, 0.29) is 36.9 Å². The van der Waals surface area contributed by atoms with Crippen LogP contribution < -0.4 is 5.32 Å². The van der Waals surface area contributed by atoms with E-state index in [0.29, 0.717) is 12.8 Å². The fraction of sp³-hybridized carbons (Fsp3) is 0.776. The van der Waals surface area contributed by atoms with E-state index in [1.807, 2.05) is 14.1 Å². The Morgan fingerprint density at radius 1 is 0.378 bits per heavy atom. The molecule has 7 nitrogen and oxygen atoms in total.